The second-order valence-corrected chi connectivity index (χ2v) is 9.74. The van der Waals surface area contributed by atoms with E-state index in [-0.39, 0.29) is 17.1 Å². The molecule has 1 fully saturated rings. The topological polar surface area (TPSA) is 87.1 Å². The maximum atomic E-state index is 13.3. The predicted octanol–water partition coefficient (Wildman–Crippen LogP) is 6.18. The molecule has 186 valence electrons. The zero-order valence-corrected chi connectivity index (χ0v) is 20.9. The van der Waals surface area contributed by atoms with Crippen molar-refractivity contribution in [2.24, 2.45) is 5.92 Å². The summed E-state index contributed by atoms with van der Waals surface area (Å²) < 4.78 is 5.79. The van der Waals surface area contributed by atoms with Crippen LogP contribution in [0.1, 0.15) is 56.3 Å². The van der Waals surface area contributed by atoms with Gasteiger partial charge in [-0.25, -0.2) is 0 Å². The van der Waals surface area contributed by atoms with Gasteiger partial charge in [0.25, 0.3) is 11.7 Å². The van der Waals surface area contributed by atoms with E-state index in [9.17, 15) is 19.8 Å². The van der Waals surface area contributed by atoms with Gasteiger partial charge in [-0.05, 0) is 59.4 Å². The van der Waals surface area contributed by atoms with Gasteiger partial charge in [-0.3, -0.25) is 14.5 Å². The summed E-state index contributed by atoms with van der Waals surface area (Å²) in [6.07, 6.45) is 0. The summed E-state index contributed by atoms with van der Waals surface area (Å²) in [7, 11) is 0. The molecule has 3 aromatic carbocycles. The minimum atomic E-state index is -0.865. The van der Waals surface area contributed by atoms with Crippen LogP contribution in [0.5, 0.6) is 11.5 Å². The third-order valence-electron chi connectivity index (χ3n) is 6.18. The standard InChI is InChI=1S/C30H31NO5/c1-18(2)17-36-25-7-5-6-22(16-25)28(33)26-27(21-10-14-24(32)15-11-21)31(30(35)29(26)34)23-12-8-20(9-13-23)19(3)4/h5-16,18-19,27,32-33H,17H2,1-4H3/b28-26-. The van der Waals surface area contributed by atoms with E-state index in [0.29, 0.717) is 41.0 Å². The first-order valence-corrected chi connectivity index (χ1v) is 12.1. The zero-order chi connectivity index (χ0) is 26.0. The van der Waals surface area contributed by atoms with E-state index in [1.54, 1.807) is 36.4 Å². The predicted molar refractivity (Wildman–Crippen MR) is 140 cm³/mol. The molecule has 0 aliphatic carbocycles. The number of phenolic OH excluding ortho intramolecular Hbond substituents is 1. The Morgan fingerprint density at radius 3 is 2.22 bits per heavy atom. The lowest BCUT2D eigenvalue weighted by molar-refractivity contribution is -0.132. The van der Waals surface area contributed by atoms with Crippen LogP contribution in [0, 0.1) is 5.92 Å². The molecule has 4 rings (SSSR count). The number of hydrogen-bond acceptors (Lipinski definition) is 5. The van der Waals surface area contributed by atoms with Gasteiger partial charge >= 0.3 is 0 Å². The van der Waals surface area contributed by atoms with Gasteiger partial charge in [0.05, 0.1) is 18.2 Å². The average molecular weight is 486 g/mol. The molecule has 0 bridgehead atoms. The van der Waals surface area contributed by atoms with Crippen molar-refractivity contribution >= 4 is 23.1 Å². The van der Waals surface area contributed by atoms with Crippen molar-refractivity contribution < 1.29 is 24.5 Å². The van der Waals surface area contributed by atoms with Gasteiger partial charge in [0.1, 0.15) is 17.3 Å². The minimum absolute atomic E-state index is 0.0142. The number of nitrogens with zero attached hydrogens (tertiary/aromatic N) is 1. The van der Waals surface area contributed by atoms with Crippen molar-refractivity contribution in [1.29, 1.82) is 0 Å². The van der Waals surface area contributed by atoms with Crippen molar-refractivity contribution in [3.63, 3.8) is 0 Å². The molecule has 0 aromatic heterocycles. The molecule has 36 heavy (non-hydrogen) atoms. The molecule has 1 amide bonds. The summed E-state index contributed by atoms with van der Waals surface area (Å²) >= 11 is 0. The average Bonchev–Trinajstić information content (AvgIpc) is 3.13. The molecule has 2 N–H and O–H groups in total. The van der Waals surface area contributed by atoms with Gasteiger partial charge in [0, 0.05) is 11.3 Å². The molecule has 1 saturated heterocycles. The highest BCUT2D eigenvalue weighted by Gasteiger charge is 2.47. The van der Waals surface area contributed by atoms with Crippen LogP contribution in [-0.2, 0) is 9.59 Å². The third-order valence-corrected chi connectivity index (χ3v) is 6.18. The van der Waals surface area contributed by atoms with Crippen LogP contribution in [0.25, 0.3) is 5.76 Å². The van der Waals surface area contributed by atoms with Gasteiger partial charge < -0.3 is 14.9 Å². The number of carbonyl (C=O) groups is 2. The van der Waals surface area contributed by atoms with Gasteiger partial charge in [-0.2, -0.15) is 0 Å². The van der Waals surface area contributed by atoms with E-state index in [2.05, 4.69) is 13.8 Å². The lowest BCUT2D eigenvalue weighted by atomic mass is 9.95. The SMILES string of the molecule is CC(C)COc1cccc(/C(O)=C2/C(=O)C(=O)N(c3ccc(C(C)C)cc3)C2c2ccc(O)cc2)c1. The molecule has 1 unspecified atom stereocenters. The number of rotatable bonds is 7. The zero-order valence-electron chi connectivity index (χ0n) is 20.9. The van der Waals surface area contributed by atoms with Gasteiger partial charge in [-0.15, -0.1) is 0 Å². The fraction of sp³-hybridized carbons (Fsp3) is 0.267. The number of anilines is 1. The number of hydrogen-bond donors (Lipinski definition) is 2. The maximum Gasteiger partial charge on any atom is 0.300 e. The molecule has 1 aliphatic rings. The number of aliphatic hydroxyl groups is 1. The Balaban J connectivity index is 1.84. The highest BCUT2D eigenvalue weighted by atomic mass is 16.5. The molecule has 0 saturated carbocycles. The summed E-state index contributed by atoms with van der Waals surface area (Å²) in [5.74, 6) is -0.509. The summed E-state index contributed by atoms with van der Waals surface area (Å²) in [6.45, 7) is 8.75. The lowest BCUT2D eigenvalue weighted by Crippen LogP contribution is -2.29. The summed E-state index contributed by atoms with van der Waals surface area (Å²) in [5, 5.41) is 21.2. The first-order chi connectivity index (χ1) is 17.2. The van der Waals surface area contributed by atoms with Crippen molar-refractivity contribution in [2.75, 3.05) is 11.5 Å². The van der Waals surface area contributed by atoms with Crippen LogP contribution in [0.4, 0.5) is 5.69 Å². The van der Waals surface area contributed by atoms with Crippen LogP contribution in [0.3, 0.4) is 0 Å². The molecule has 0 radical (unpaired) electrons. The number of Topliss-reactive ketones (excluding diaryl/α,β-unsaturated/α-hetero) is 1. The molecule has 0 spiro atoms. The van der Waals surface area contributed by atoms with E-state index in [1.807, 2.05) is 38.1 Å². The summed E-state index contributed by atoms with van der Waals surface area (Å²) in [6, 6.07) is 19.8. The highest BCUT2D eigenvalue weighted by molar-refractivity contribution is 6.51. The molecule has 6 nitrogen and oxygen atoms in total. The van der Waals surface area contributed by atoms with E-state index >= 15 is 0 Å². The second-order valence-electron chi connectivity index (χ2n) is 9.74. The molecule has 3 aromatic rings. The Kier molecular flexibility index (Phi) is 7.15. The van der Waals surface area contributed by atoms with Crippen molar-refractivity contribution in [3.05, 3.63) is 95.1 Å². The van der Waals surface area contributed by atoms with Crippen LogP contribution in [0.15, 0.2) is 78.4 Å². The number of ketones is 1. The number of benzene rings is 3. The minimum Gasteiger partial charge on any atom is -0.508 e. The first kappa shape index (κ1) is 25.0. The van der Waals surface area contributed by atoms with Crippen molar-refractivity contribution in [1.82, 2.24) is 0 Å². The van der Waals surface area contributed by atoms with E-state index < -0.39 is 17.7 Å². The van der Waals surface area contributed by atoms with Crippen LogP contribution >= 0.6 is 0 Å². The Bertz CT molecular complexity index is 1290. The van der Waals surface area contributed by atoms with E-state index in [1.165, 1.54) is 17.0 Å². The Morgan fingerprint density at radius 1 is 0.944 bits per heavy atom. The van der Waals surface area contributed by atoms with Gasteiger partial charge in [-0.1, -0.05) is 64.1 Å². The number of aromatic hydroxyl groups is 1. The lowest BCUT2D eigenvalue weighted by Gasteiger charge is -2.26. The summed E-state index contributed by atoms with van der Waals surface area (Å²) in [5.41, 5.74) is 2.61. The molecule has 1 atom stereocenters. The Morgan fingerprint density at radius 2 is 1.61 bits per heavy atom. The summed E-state index contributed by atoms with van der Waals surface area (Å²) in [4.78, 5) is 28.1. The smallest absolute Gasteiger partial charge is 0.300 e. The third kappa shape index (κ3) is 4.98. The fourth-order valence-electron chi connectivity index (χ4n) is 4.24. The van der Waals surface area contributed by atoms with Crippen LogP contribution in [0.2, 0.25) is 0 Å². The largest absolute Gasteiger partial charge is 0.508 e. The molecule has 1 aliphatic heterocycles. The number of carbonyl (C=O) groups excluding carboxylic acids is 2. The fourth-order valence-corrected chi connectivity index (χ4v) is 4.24. The van der Waals surface area contributed by atoms with Crippen LogP contribution in [-0.4, -0.2) is 28.5 Å². The quantitative estimate of drug-likeness (QED) is 0.237. The first-order valence-electron chi connectivity index (χ1n) is 12.1. The van der Waals surface area contributed by atoms with Crippen molar-refractivity contribution in [3.8, 4) is 11.5 Å². The Labute approximate surface area is 211 Å². The van der Waals surface area contributed by atoms with Crippen LogP contribution < -0.4 is 9.64 Å². The monoisotopic (exact) mass is 485 g/mol. The molecule has 1 heterocycles. The van der Waals surface area contributed by atoms with E-state index in [4.69, 9.17) is 4.74 Å². The second kappa shape index (κ2) is 10.3. The molecular formula is C30H31NO5. The van der Waals surface area contributed by atoms with E-state index in [0.717, 1.165) is 5.56 Å². The van der Waals surface area contributed by atoms with Gasteiger partial charge in [0.2, 0.25) is 0 Å². The normalized spacial score (nSPS) is 17.3. The Hall–Kier alpha value is -4.06. The number of ether oxygens (including phenoxy) is 1. The number of phenols is 1. The van der Waals surface area contributed by atoms with Gasteiger partial charge in [0.15, 0.2) is 0 Å². The maximum absolute atomic E-state index is 13.3. The highest BCUT2D eigenvalue weighted by Crippen LogP contribution is 2.43. The molecular weight excluding hydrogens is 454 g/mol. The molecule has 6 heteroatoms. The van der Waals surface area contributed by atoms with Crippen molar-refractivity contribution in [2.45, 2.75) is 39.7 Å². The number of aliphatic hydroxyl groups excluding tert-OH is 1. The number of amides is 1.